The highest BCUT2D eigenvalue weighted by Crippen LogP contribution is 2.36. The number of ether oxygens (including phenoxy) is 1. The van der Waals surface area contributed by atoms with Gasteiger partial charge in [-0.15, -0.1) is 11.3 Å². The highest BCUT2D eigenvalue weighted by atomic mass is 79.9. The first-order valence-corrected chi connectivity index (χ1v) is 9.12. The monoisotopic (exact) mass is 400 g/mol. The Hall–Kier alpha value is -2.18. The summed E-state index contributed by atoms with van der Waals surface area (Å²) >= 11 is 4.88. The van der Waals surface area contributed by atoms with E-state index in [0.29, 0.717) is 11.7 Å². The second-order valence-corrected chi connectivity index (χ2v) is 7.15. The molecule has 24 heavy (non-hydrogen) atoms. The molecule has 4 nitrogen and oxygen atoms in total. The Bertz CT molecular complexity index is 864. The van der Waals surface area contributed by atoms with Crippen LogP contribution in [0.25, 0.3) is 11.3 Å². The molecule has 0 N–H and O–H groups in total. The van der Waals surface area contributed by atoms with Gasteiger partial charge in [-0.3, -0.25) is 0 Å². The van der Waals surface area contributed by atoms with Gasteiger partial charge in [-0.25, -0.2) is 14.7 Å². The van der Waals surface area contributed by atoms with E-state index < -0.39 is 0 Å². The van der Waals surface area contributed by atoms with Crippen molar-refractivity contribution in [2.75, 3.05) is 11.5 Å². The van der Waals surface area contributed by atoms with Crippen LogP contribution in [0.15, 0.2) is 64.5 Å². The maximum atomic E-state index is 12.2. The highest BCUT2D eigenvalue weighted by molar-refractivity contribution is 9.10. The lowest BCUT2D eigenvalue weighted by Crippen LogP contribution is -2.27. The molecule has 2 aromatic carbocycles. The van der Waals surface area contributed by atoms with Crippen molar-refractivity contribution in [2.24, 2.45) is 0 Å². The number of nitrogens with zero attached hydrogens (tertiary/aromatic N) is 2. The van der Waals surface area contributed by atoms with E-state index in [0.717, 1.165) is 21.3 Å². The summed E-state index contributed by atoms with van der Waals surface area (Å²) in [5, 5.41) is 2.62. The van der Waals surface area contributed by atoms with Crippen molar-refractivity contribution in [3.05, 3.63) is 70.0 Å². The summed E-state index contributed by atoms with van der Waals surface area (Å²) in [5.74, 6) is 0. The molecule has 1 aliphatic heterocycles. The minimum Gasteiger partial charge on any atom is -0.447 e. The molecule has 1 aromatic heterocycles. The summed E-state index contributed by atoms with van der Waals surface area (Å²) in [4.78, 5) is 18.5. The Labute approximate surface area is 151 Å². The van der Waals surface area contributed by atoms with Gasteiger partial charge in [0.15, 0.2) is 5.13 Å². The molecule has 0 radical (unpaired) electrons. The molecule has 1 fully saturated rings. The van der Waals surface area contributed by atoms with Gasteiger partial charge in [0.2, 0.25) is 0 Å². The molecule has 0 unspecified atom stereocenters. The lowest BCUT2D eigenvalue weighted by atomic mass is 10.1. The van der Waals surface area contributed by atoms with E-state index in [2.05, 4.69) is 20.9 Å². The Morgan fingerprint density at radius 1 is 1.12 bits per heavy atom. The number of hydrogen-bond acceptors (Lipinski definition) is 4. The zero-order valence-electron chi connectivity index (χ0n) is 12.6. The normalized spacial score (nSPS) is 17.1. The molecule has 0 bridgehead atoms. The van der Waals surface area contributed by atoms with Crippen LogP contribution < -0.4 is 4.90 Å². The standard InChI is InChI=1S/C18H13BrN2O2S/c19-14-8-6-12(7-9-14)15-11-24-17(20-15)21-16(10-23-18(21)22)13-4-2-1-3-5-13/h1-9,11,16H,10H2/t16-/m0/s1. The van der Waals surface area contributed by atoms with Gasteiger partial charge in [-0.1, -0.05) is 58.4 Å². The molecule has 2 heterocycles. The Morgan fingerprint density at radius 2 is 1.88 bits per heavy atom. The van der Waals surface area contributed by atoms with Gasteiger partial charge >= 0.3 is 6.09 Å². The number of amides is 1. The van der Waals surface area contributed by atoms with Crippen molar-refractivity contribution in [1.82, 2.24) is 4.98 Å². The van der Waals surface area contributed by atoms with Crippen LogP contribution >= 0.6 is 27.3 Å². The molecule has 1 aliphatic rings. The molecule has 0 spiro atoms. The SMILES string of the molecule is O=C1OC[C@@H](c2ccccc2)N1c1nc(-c2ccc(Br)cc2)cs1. The molecule has 4 rings (SSSR count). The summed E-state index contributed by atoms with van der Waals surface area (Å²) in [6.45, 7) is 0.343. The van der Waals surface area contributed by atoms with Crippen molar-refractivity contribution in [2.45, 2.75) is 6.04 Å². The first kappa shape index (κ1) is 15.4. The van der Waals surface area contributed by atoms with Crippen LogP contribution in [-0.4, -0.2) is 17.7 Å². The van der Waals surface area contributed by atoms with E-state index in [9.17, 15) is 4.79 Å². The number of hydrogen-bond donors (Lipinski definition) is 0. The third-order valence-corrected chi connectivity index (χ3v) is 5.26. The predicted molar refractivity (Wildman–Crippen MR) is 98.3 cm³/mol. The van der Waals surface area contributed by atoms with Gasteiger partial charge in [-0.05, 0) is 17.7 Å². The highest BCUT2D eigenvalue weighted by Gasteiger charge is 2.37. The van der Waals surface area contributed by atoms with Gasteiger partial charge in [0.1, 0.15) is 12.6 Å². The van der Waals surface area contributed by atoms with Crippen LogP contribution in [0.1, 0.15) is 11.6 Å². The van der Waals surface area contributed by atoms with E-state index in [4.69, 9.17) is 4.74 Å². The largest absolute Gasteiger partial charge is 0.447 e. The van der Waals surface area contributed by atoms with Gasteiger partial charge < -0.3 is 4.74 Å². The minimum absolute atomic E-state index is 0.136. The van der Waals surface area contributed by atoms with Gasteiger partial charge in [-0.2, -0.15) is 0 Å². The molecule has 1 amide bonds. The van der Waals surface area contributed by atoms with E-state index in [1.54, 1.807) is 4.90 Å². The quantitative estimate of drug-likeness (QED) is 0.601. The number of carbonyl (C=O) groups is 1. The van der Waals surface area contributed by atoms with E-state index in [-0.39, 0.29) is 12.1 Å². The number of cyclic esters (lactones) is 1. The number of carbonyl (C=O) groups excluding carboxylic acids is 1. The van der Waals surface area contributed by atoms with Gasteiger partial charge in [0.05, 0.1) is 5.69 Å². The van der Waals surface area contributed by atoms with E-state index >= 15 is 0 Å². The first-order chi connectivity index (χ1) is 11.7. The summed E-state index contributed by atoms with van der Waals surface area (Å²) in [6, 6.07) is 17.7. The topological polar surface area (TPSA) is 42.4 Å². The second kappa shape index (κ2) is 6.37. The molecule has 6 heteroatoms. The number of aromatic nitrogens is 1. The number of anilines is 1. The Morgan fingerprint density at radius 3 is 2.62 bits per heavy atom. The molecular formula is C18H13BrN2O2S. The van der Waals surface area contributed by atoms with Crippen LogP contribution in [0, 0.1) is 0 Å². The molecule has 120 valence electrons. The van der Waals surface area contributed by atoms with Crippen LogP contribution in [0.4, 0.5) is 9.93 Å². The minimum atomic E-state index is -0.347. The molecule has 0 aliphatic carbocycles. The lowest BCUT2D eigenvalue weighted by molar-refractivity contribution is 0.179. The van der Waals surface area contributed by atoms with Gasteiger partial charge in [0.25, 0.3) is 0 Å². The van der Waals surface area contributed by atoms with Crippen molar-refractivity contribution < 1.29 is 9.53 Å². The van der Waals surface area contributed by atoms with Crippen LogP contribution in [-0.2, 0) is 4.74 Å². The lowest BCUT2D eigenvalue weighted by Gasteiger charge is -2.18. The zero-order chi connectivity index (χ0) is 16.5. The Balaban J connectivity index is 1.67. The summed E-state index contributed by atoms with van der Waals surface area (Å²) in [7, 11) is 0. The smallest absolute Gasteiger partial charge is 0.416 e. The average molecular weight is 401 g/mol. The maximum absolute atomic E-state index is 12.2. The van der Waals surface area contributed by atoms with Crippen molar-refractivity contribution >= 4 is 38.5 Å². The zero-order valence-corrected chi connectivity index (χ0v) is 15.0. The fourth-order valence-corrected chi connectivity index (χ4v) is 3.82. The summed E-state index contributed by atoms with van der Waals surface area (Å²) in [5.41, 5.74) is 2.92. The second-order valence-electron chi connectivity index (χ2n) is 5.40. The fraction of sp³-hybridized carbons (Fsp3) is 0.111. The van der Waals surface area contributed by atoms with Gasteiger partial charge in [0, 0.05) is 15.4 Å². The van der Waals surface area contributed by atoms with Crippen LogP contribution in [0.3, 0.4) is 0 Å². The van der Waals surface area contributed by atoms with E-state index in [1.807, 2.05) is 60.0 Å². The average Bonchev–Trinajstić information content (AvgIpc) is 3.23. The first-order valence-electron chi connectivity index (χ1n) is 7.45. The Kier molecular flexibility index (Phi) is 4.08. The number of benzene rings is 2. The van der Waals surface area contributed by atoms with E-state index in [1.165, 1.54) is 11.3 Å². The fourth-order valence-electron chi connectivity index (χ4n) is 2.68. The number of rotatable bonds is 3. The van der Waals surface area contributed by atoms with Crippen LogP contribution in [0.2, 0.25) is 0 Å². The third kappa shape index (κ3) is 2.83. The molecular weight excluding hydrogens is 388 g/mol. The van der Waals surface area contributed by atoms with Crippen molar-refractivity contribution in [1.29, 1.82) is 0 Å². The maximum Gasteiger partial charge on any atom is 0.416 e. The molecule has 1 saturated heterocycles. The molecule has 0 saturated carbocycles. The number of halogens is 1. The summed E-state index contributed by atoms with van der Waals surface area (Å²) < 4.78 is 6.29. The molecule has 1 atom stereocenters. The van der Waals surface area contributed by atoms with Crippen LogP contribution in [0.5, 0.6) is 0 Å². The third-order valence-electron chi connectivity index (χ3n) is 3.90. The van der Waals surface area contributed by atoms with Crippen molar-refractivity contribution in [3.8, 4) is 11.3 Å². The summed E-state index contributed by atoms with van der Waals surface area (Å²) in [6.07, 6.45) is -0.347. The number of thiazole rings is 1. The van der Waals surface area contributed by atoms with Crippen molar-refractivity contribution in [3.63, 3.8) is 0 Å². The molecule has 3 aromatic rings. The predicted octanol–water partition coefficient (Wildman–Crippen LogP) is 5.27.